The molecule has 0 unspecified atom stereocenters. The number of carbonyl (C=O) groups is 1. The number of ether oxygens (including phenoxy) is 1. The lowest BCUT2D eigenvalue weighted by Gasteiger charge is -2.07. The summed E-state index contributed by atoms with van der Waals surface area (Å²) in [5.74, 6) is -0.279. The summed E-state index contributed by atoms with van der Waals surface area (Å²) in [6.07, 6.45) is 0. The van der Waals surface area contributed by atoms with E-state index >= 15 is 0 Å². The van der Waals surface area contributed by atoms with Gasteiger partial charge < -0.3 is 14.9 Å². The Kier molecular flexibility index (Phi) is 4.63. The van der Waals surface area contributed by atoms with Crippen molar-refractivity contribution in [2.75, 3.05) is 7.11 Å². The van der Waals surface area contributed by atoms with Gasteiger partial charge in [0.25, 0.3) is 5.91 Å². The van der Waals surface area contributed by atoms with Crippen molar-refractivity contribution >= 4 is 11.6 Å². The van der Waals surface area contributed by atoms with Crippen LogP contribution >= 0.6 is 0 Å². The van der Waals surface area contributed by atoms with Gasteiger partial charge in [0.2, 0.25) is 0 Å². The molecular weight excluding hydrogens is 284 g/mol. The summed E-state index contributed by atoms with van der Waals surface area (Å²) in [6.45, 7) is 1.71. The number of aromatic hydroxyl groups is 2. The second-order valence-electron chi connectivity index (χ2n) is 4.54. The highest BCUT2D eigenvalue weighted by atomic mass is 16.5. The zero-order valence-electron chi connectivity index (χ0n) is 12.2. The predicted octanol–water partition coefficient (Wildman–Crippen LogP) is 2.26. The first-order chi connectivity index (χ1) is 10.5. The van der Waals surface area contributed by atoms with Crippen molar-refractivity contribution in [2.45, 2.75) is 6.92 Å². The van der Waals surface area contributed by atoms with Crippen molar-refractivity contribution < 1.29 is 19.7 Å². The summed E-state index contributed by atoms with van der Waals surface area (Å²) < 4.78 is 5.02. The number of amides is 1. The first kappa shape index (κ1) is 15.4. The van der Waals surface area contributed by atoms with Crippen molar-refractivity contribution in [1.29, 1.82) is 0 Å². The maximum Gasteiger partial charge on any atom is 0.275 e. The molecule has 3 N–H and O–H groups in total. The lowest BCUT2D eigenvalue weighted by atomic mass is 10.1. The fourth-order valence-electron chi connectivity index (χ4n) is 1.83. The first-order valence-corrected chi connectivity index (χ1v) is 6.53. The summed E-state index contributed by atoms with van der Waals surface area (Å²) in [5, 5.41) is 23.1. The number of phenolic OH excluding ortho intramolecular Hbond substituents is 2. The Morgan fingerprint density at radius 1 is 1.14 bits per heavy atom. The third-order valence-corrected chi connectivity index (χ3v) is 3.07. The van der Waals surface area contributed by atoms with Gasteiger partial charge in [-0.25, -0.2) is 5.43 Å². The first-order valence-electron chi connectivity index (χ1n) is 6.53. The predicted molar refractivity (Wildman–Crippen MR) is 82.4 cm³/mol. The molecule has 1 amide bonds. The number of phenols is 2. The molecule has 0 saturated carbocycles. The van der Waals surface area contributed by atoms with E-state index in [1.54, 1.807) is 31.2 Å². The Hall–Kier alpha value is -3.02. The van der Waals surface area contributed by atoms with Gasteiger partial charge in [0, 0.05) is 5.56 Å². The number of nitrogens with one attached hydrogen (secondary N) is 1. The molecule has 0 radical (unpaired) electrons. The molecule has 6 nitrogen and oxygen atoms in total. The van der Waals surface area contributed by atoms with Crippen LogP contribution in [0.5, 0.6) is 17.2 Å². The molecule has 2 rings (SSSR count). The minimum absolute atomic E-state index is 0.0253. The van der Waals surface area contributed by atoms with E-state index in [2.05, 4.69) is 10.5 Å². The second-order valence-corrected chi connectivity index (χ2v) is 4.54. The third kappa shape index (κ3) is 3.35. The highest BCUT2D eigenvalue weighted by Crippen LogP contribution is 2.26. The molecule has 0 fully saturated rings. The maximum atomic E-state index is 11.9. The molecule has 22 heavy (non-hydrogen) atoms. The van der Waals surface area contributed by atoms with Crippen LogP contribution in [0.4, 0.5) is 0 Å². The van der Waals surface area contributed by atoms with Gasteiger partial charge >= 0.3 is 0 Å². The minimum atomic E-state index is -0.511. The van der Waals surface area contributed by atoms with Crippen LogP contribution < -0.4 is 10.2 Å². The Morgan fingerprint density at radius 2 is 1.86 bits per heavy atom. The van der Waals surface area contributed by atoms with E-state index in [-0.39, 0.29) is 17.1 Å². The summed E-state index contributed by atoms with van der Waals surface area (Å²) >= 11 is 0. The van der Waals surface area contributed by atoms with Crippen molar-refractivity contribution in [3.63, 3.8) is 0 Å². The molecule has 0 saturated heterocycles. The largest absolute Gasteiger partial charge is 0.507 e. The molecular formula is C16H16N2O4. The third-order valence-electron chi connectivity index (χ3n) is 3.07. The number of hydrogen-bond donors (Lipinski definition) is 3. The minimum Gasteiger partial charge on any atom is -0.507 e. The molecule has 0 aliphatic heterocycles. The van der Waals surface area contributed by atoms with Gasteiger partial charge in [0.15, 0.2) is 11.5 Å². The summed E-state index contributed by atoms with van der Waals surface area (Å²) in [4.78, 5) is 11.9. The monoisotopic (exact) mass is 300 g/mol. The summed E-state index contributed by atoms with van der Waals surface area (Å²) in [6, 6.07) is 11.0. The van der Waals surface area contributed by atoms with Crippen LogP contribution in [0.25, 0.3) is 0 Å². The summed E-state index contributed by atoms with van der Waals surface area (Å²) in [5.41, 5.74) is 3.73. The van der Waals surface area contributed by atoms with Crippen LogP contribution in [0.3, 0.4) is 0 Å². The van der Waals surface area contributed by atoms with Crippen LogP contribution in [0, 0.1) is 0 Å². The molecule has 0 aliphatic rings. The van der Waals surface area contributed by atoms with Gasteiger partial charge in [-0.2, -0.15) is 5.10 Å². The number of benzene rings is 2. The van der Waals surface area contributed by atoms with Crippen molar-refractivity contribution in [1.82, 2.24) is 5.43 Å². The number of para-hydroxylation sites is 1. The summed E-state index contributed by atoms with van der Waals surface area (Å²) in [7, 11) is 1.45. The molecule has 0 aliphatic carbocycles. The molecule has 0 aromatic heterocycles. The van der Waals surface area contributed by atoms with E-state index < -0.39 is 5.91 Å². The number of hydrogen-bond acceptors (Lipinski definition) is 5. The van der Waals surface area contributed by atoms with Crippen LogP contribution in [0.1, 0.15) is 22.8 Å². The number of hydrazone groups is 1. The van der Waals surface area contributed by atoms with E-state index in [1.165, 1.54) is 25.3 Å². The van der Waals surface area contributed by atoms with Crippen LogP contribution in [0.2, 0.25) is 0 Å². The normalized spacial score (nSPS) is 11.1. The van der Waals surface area contributed by atoms with Crippen molar-refractivity contribution in [3.8, 4) is 17.2 Å². The highest BCUT2D eigenvalue weighted by Gasteiger charge is 2.10. The van der Waals surface area contributed by atoms with Gasteiger partial charge in [0.05, 0.1) is 18.4 Å². The molecule has 114 valence electrons. The van der Waals surface area contributed by atoms with Crippen molar-refractivity contribution in [3.05, 3.63) is 53.6 Å². The molecule has 2 aromatic rings. The SMILES string of the molecule is COc1cc(C(C)=NNC(=O)c2ccccc2O)ccc1O. The van der Waals surface area contributed by atoms with Crippen molar-refractivity contribution in [2.24, 2.45) is 5.10 Å². The quantitative estimate of drug-likeness (QED) is 0.596. The zero-order valence-corrected chi connectivity index (χ0v) is 12.2. The average Bonchev–Trinajstić information content (AvgIpc) is 2.53. The average molecular weight is 300 g/mol. The highest BCUT2D eigenvalue weighted by molar-refractivity contribution is 6.01. The molecule has 0 atom stereocenters. The molecule has 6 heteroatoms. The lowest BCUT2D eigenvalue weighted by Crippen LogP contribution is -2.19. The van der Waals surface area contributed by atoms with Crippen LogP contribution in [0.15, 0.2) is 47.6 Å². The second kappa shape index (κ2) is 6.62. The fraction of sp³-hybridized carbons (Fsp3) is 0.125. The topological polar surface area (TPSA) is 91.2 Å². The maximum absolute atomic E-state index is 11.9. The van der Waals surface area contributed by atoms with Crippen LogP contribution in [-0.2, 0) is 0 Å². The van der Waals surface area contributed by atoms with E-state index in [4.69, 9.17) is 4.74 Å². The fourth-order valence-corrected chi connectivity index (χ4v) is 1.83. The number of carbonyl (C=O) groups excluding carboxylic acids is 1. The van der Waals surface area contributed by atoms with Gasteiger partial charge in [0.1, 0.15) is 5.75 Å². The van der Waals surface area contributed by atoms with E-state index in [1.807, 2.05) is 0 Å². The number of nitrogens with zero attached hydrogens (tertiary/aromatic N) is 1. The van der Waals surface area contributed by atoms with Crippen LogP contribution in [-0.4, -0.2) is 28.9 Å². The van der Waals surface area contributed by atoms with Gasteiger partial charge in [-0.1, -0.05) is 12.1 Å². The Labute approximate surface area is 127 Å². The Morgan fingerprint density at radius 3 is 2.55 bits per heavy atom. The zero-order chi connectivity index (χ0) is 16.1. The lowest BCUT2D eigenvalue weighted by molar-refractivity contribution is 0.0952. The standard InChI is InChI=1S/C16H16N2O4/c1-10(11-7-8-14(20)15(9-11)22-2)17-18-16(21)12-5-3-4-6-13(12)19/h3-9,19-20H,1-2H3,(H,18,21). The van der Waals surface area contributed by atoms with Gasteiger partial charge in [-0.3, -0.25) is 4.79 Å². The molecule has 0 bridgehead atoms. The molecule has 2 aromatic carbocycles. The number of methoxy groups -OCH3 is 1. The Balaban J connectivity index is 2.16. The number of rotatable bonds is 4. The van der Waals surface area contributed by atoms with E-state index in [0.717, 1.165) is 0 Å². The van der Waals surface area contributed by atoms with E-state index in [0.29, 0.717) is 17.0 Å². The molecule has 0 spiro atoms. The van der Waals surface area contributed by atoms with E-state index in [9.17, 15) is 15.0 Å². The van der Waals surface area contributed by atoms with Gasteiger partial charge in [-0.15, -0.1) is 0 Å². The molecule has 0 heterocycles. The van der Waals surface area contributed by atoms with Gasteiger partial charge in [-0.05, 0) is 37.3 Å². The smallest absolute Gasteiger partial charge is 0.275 e. The Bertz CT molecular complexity index is 726.